The maximum absolute atomic E-state index is 6.84. The number of piperidine rings is 1. The van der Waals surface area contributed by atoms with Gasteiger partial charge in [-0.25, -0.2) is 15.0 Å². The van der Waals surface area contributed by atoms with E-state index in [0.29, 0.717) is 15.9 Å². The zero-order chi connectivity index (χ0) is 24.2. The Morgan fingerprint density at radius 1 is 1.03 bits per heavy atom. The van der Waals surface area contributed by atoms with Crippen LogP contribution >= 0.6 is 23.4 Å². The second kappa shape index (κ2) is 8.51. The van der Waals surface area contributed by atoms with Crippen LogP contribution in [0.15, 0.2) is 58.7 Å². The molecule has 0 bridgehead atoms. The molecule has 178 valence electrons. The SMILES string of the molecule is Nc1nc(N2CCC3(CC2)Cc2nc4ccccc4cc2[C@H]3N)cnc1Sc1ccnc(N)c1Cl. The third kappa shape index (κ3) is 3.84. The lowest BCUT2D eigenvalue weighted by atomic mass is 9.73. The van der Waals surface area contributed by atoms with Gasteiger partial charge in [-0.2, -0.15) is 0 Å². The molecule has 1 atom stereocenters. The summed E-state index contributed by atoms with van der Waals surface area (Å²) in [6.07, 6.45) is 6.22. The normalized spacial score (nSPS) is 18.8. The number of benzene rings is 1. The van der Waals surface area contributed by atoms with Crippen molar-refractivity contribution in [3.8, 4) is 0 Å². The van der Waals surface area contributed by atoms with Gasteiger partial charge in [0.15, 0.2) is 5.82 Å². The van der Waals surface area contributed by atoms with E-state index >= 15 is 0 Å². The number of rotatable bonds is 3. The van der Waals surface area contributed by atoms with Gasteiger partial charge in [-0.15, -0.1) is 0 Å². The highest BCUT2D eigenvalue weighted by atomic mass is 35.5. The lowest BCUT2D eigenvalue weighted by Gasteiger charge is -2.42. The highest BCUT2D eigenvalue weighted by molar-refractivity contribution is 7.99. The number of anilines is 3. The van der Waals surface area contributed by atoms with Crippen LogP contribution in [0.4, 0.5) is 17.5 Å². The van der Waals surface area contributed by atoms with Crippen LogP contribution in [0.25, 0.3) is 10.9 Å². The molecule has 1 spiro atoms. The fraction of sp³-hybridized carbons (Fsp3) is 0.280. The molecule has 3 aromatic heterocycles. The number of hydrogen-bond acceptors (Lipinski definition) is 9. The van der Waals surface area contributed by atoms with Gasteiger partial charge < -0.3 is 22.1 Å². The van der Waals surface area contributed by atoms with E-state index < -0.39 is 0 Å². The highest BCUT2D eigenvalue weighted by Crippen LogP contribution is 2.51. The molecule has 1 aromatic carbocycles. The Morgan fingerprint density at radius 2 is 1.83 bits per heavy atom. The number of nitrogen functional groups attached to an aromatic ring is 2. The number of para-hydroxylation sites is 1. The van der Waals surface area contributed by atoms with Gasteiger partial charge in [0, 0.05) is 41.3 Å². The van der Waals surface area contributed by atoms with Crippen molar-refractivity contribution in [1.82, 2.24) is 19.9 Å². The Bertz CT molecular complexity index is 1440. The lowest BCUT2D eigenvalue weighted by Crippen LogP contribution is -2.44. The summed E-state index contributed by atoms with van der Waals surface area (Å²) in [7, 11) is 0. The molecular formula is C25H25ClN8S. The second-order valence-corrected chi connectivity index (χ2v) is 10.7. The zero-order valence-corrected chi connectivity index (χ0v) is 20.6. The van der Waals surface area contributed by atoms with Crippen LogP contribution in [0.3, 0.4) is 0 Å². The Kier molecular flexibility index (Phi) is 5.43. The molecule has 6 rings (SSSR count). The molecule has 1 aliphatic carbocycles. The van der Waals surface area contributed by atoms with E-state index in [-0.39, 0.29) is 17.3 Å². The van der Waals surface area contributed by atoms with Crippen molar-refractivity contribution in [2.45, 2.75) is 35.2 Å². The Balaban J connectivity index is 1.18. The fourth-order valence-corrected chi connectivity index (χ4v) is 6.28. The molecule has 4 aromatic rings. The molecule has 1 saturated heterocycles. The summed E-state index contributed by atoms with van der Waals surface area (Å²) in [6.45, 7) is 1.68. The minimum Gasteiger partial charge on any atom is -0.382 e. The molecule has 6 N–H and O–H groups in total. The quantitative estimate of drug-likeness (QED) is 0.374. The van der Waals surface area contributed by atoms with Crippen LogP contribution in [0.2, 0.25) is 5.02 Å². The van der Waals surface area contributed by atoms with Gasteiger partial charge in [-0.3, -0.25) is 4.98 Å². The van der Waals surface area contributed by atoms with Gasteiger partial charge >= 0.3 is 0 Å². The molecule has 0 amide bonds. The van der Waals surface area contributed by atoms with Crippen LogP contribution < -0.4 is 22.1 Å². The minimum atomic E-state index is -0.00997. The number of nitrogens with two attached hydrogens (primary N) is 3. The summed E-state index contributed by atoms with van der Waals surface area (Å²) in [5, 5.41) is 2.12. The monoisotopic (exact) mass is 504 g/mol. The van der Waals surface area contributed by atoms with E-state index in [0.717, 1.165) is 59.7 Å². The van der Waals surface area contributed by atoms with E-state index in [1.54, 1.807) is 18.5 Å². The maximum atomic E-state index is 6.84. The first-order valence-corrected chi connectivity index (χ1v) is 12.7. The van der Waals surface area contributed by atoms with Gasteiger partial charge in [0.1, 0.15) is 16.7 Å². The van der Waals surface area contributed by atoms with Crippen LogP contribution in [-0.4, -0.2) is 33.0 Å². The van der Waals surface area contributed by atoms with E-state index in [1.807, 2.05) is 12.1 Å². The van der Waals surface area contributed by atoms with E-state index in [4.69, 9.17) is 33.8 Å². The molecular weight excluding hydrogens is 480 g/mol. The van der Waals surface area contributed by atoms with Crippen molar-refractivity contribution in [3.05, 3.63) is 65.1 Å². The molecule has 10 heteroatoms. The van der Waals surface area contributed by atoms with Gasteiger partial charge in [-0.1, -0.05) is 41.6 Å². The van der Waals surface area contributed by atoms with Crippen molar-refractivity contribution in [3.63, 3.8) is 0 Å². The number of halogens is 1. The predicted molar refractivity (Wildman–Crippen MR) is 140 cm³/mol. The van der Waals surface area contributed by atoms with Gasteiger partial charge in [0.2, 0.25) is 0 Å². The first-order valence-electron chi connectivity index (χ1n) is 11.5. The molecule has 0 unspecified atom stereocenters. The van der Waals surface area contributed by atoms with Crippen LogP contribution in [0, 0.1) is 5.41 Å². The fourth-order valence-electron chi connectivity index (χ4n) is 5.26. The summed E-state index contributed by atoms with van der Waals surface area (Å²) < 4.78 is 0. The number of nitrogens with zero attached hydrogens (tertiary/aromatic N) is 5. The van der Waals surface area contributed by atoms with Crippen molar-refractivity contribution >= 4 is 51.7 Å². The number of pyridine rings is 2. The topological polar surface area (TPSA) is 133 Å². The Morgan fingerprint density at radius 3 is 2.63 bits per heavy atom. The van der Waals surface area contributed by atoms with Crippen molar-refractivity contribution < 1.29 is 0 Å². The molecule has 1 aliphatic heterocycles. The first kappa shape index (κ1) is 22.3. The lowest BCUT2D eigenvalue weighted by molar-refractivity contribution is 0.186. The van der Waals surface area contributed by atoms with Crippen molar-refractivity contribution in [1.29, 1.82) is 0 Å². The van der Waals surface area contributed by atoms with Gasteiger partial charge in [0.05, 0.1) is 16.7 Å². The van der Waals surface area contributed by atoms with Crippen molar-refractivity contribution in [2.24, 2.45) is 11.1 Å². The maximum Gasteiger partial charge on any atom is 0.158 e. The van der Waals surface area contributed by atoms with E-state index in [9.17, 15) is 0 Å². The average Bonchev–Trinajstić information content (AvgIpc) is 3.12. The summed E-state index contributed by atoms with van der Waals surface area (Å²) in [4.78, 5) is 21.1. The summed E-state index contributed by atoms with van der Waals surface area (Å²) in [6, 6.07) is 12.2. The number of fused-ring (bicyclic) bond motifs is 2. The average molecular weight is 505 g/mol. The third-order valence-electron chi connectivity index (χ3n) is 7.27. The van der Waals surface area contributed by atoms with E-state index in [1.165, 1.54) is 17.3 Å². The zero-order valence-electron chi connectivity index (χ0n) is 19.0. The predicted octanol–water partition coefficient (Wildman–Crippen LogP) is 4.23. The molecule has 1 fully saturated rings. The first-order chi connectivity index (χ1) is 16.9. The second-order valence-electron chi connectivity index (χ2n) is 9.25. The molecule has 4 heterocycles. The van der Waals surface area contributed by atoms with E-state index in [2.05, 4.69) is 38.1 Å². The molecule has 0 radical (unpaired) electrons. The molecule has 8 nitrogen and oxygen atoms in total. The molecule has 2 aliphatic rings. The Labute approximate surface area is 212 Å². The highest BCUT2D eigenvalue weighted by Gasteiger charge is 2.47. The standard InChI is InChI=1S/C25H25ClN8S/c26-20-18(5-8-30-22(20)28)35-24-23(29)33-19(13-31-24)34-9-6-25(7-10-34)12-17-15(21(25)27)11-14-3-1-2-4-16(14)32-17/h1-5,8,11,13,21H,6-7,9-10,12,27H2,(H2,28,30)(H2,29,33)/t21-/m1/s1. The molecule has 0 saturated carbocycles. The van der Waals surface area contributed by atoms with Gasteiger partial charge in [0.25, 0.3) is 0 Å². The Hall–Kier alpha value is -3.14. The van der Waals surface area contributed by atoms with Crippen molar-refractivity contribution in [2.75, 3.05) is 29.5 Å². The minimum absolute atomic E-state index is 0.00997. The van der Waals surface area contributed by atoms with Crippen LogP contribution in [0.1, 0.15) is 30.1 Å². The third-order valence-corrected chi connectivity index (χ3v) is 8.85. The largest absolute Gasteiger partial charge is 0.382 e. The smallest absolute Gasteiger partial charge is 0.158 e. The molecule has 35 heavy (non-hydrogen) atoms. The summed E-state index contributed by atoms with van der Waals surface area (Å²) in [5.74, 6) is 1.41. The summed E-state index contributed by atoms with van der Waals surface area (Å²) >= 11 is 7.59. The number of hydrogen-bond donors (Lipinski definition) is 3. The van der Waals surface area contributed by atoms with Crippen LogP contribution in [0.5, 0.6) is 0 Å². The summed E-state index contributed by atoms with van der Waals surface area (Å²) in [5.41, 5.74) is 22.3. The van der Waals surface area contributed by atoms with Crippen LogP contribution in [-0.2, 0) is 6.42 Å². The number of aromatic nitrogens is 4. The van der Waals surface area contributed by atoms with Gasteiger partial charge in [-0.05, 0) is 48.4 Å².